The van der Waals surface area contributed by atoms with Crippen LogP contribution in [-0.2, 0) is 0 Å². The molecule has 3 rings (SSSR count). The number of benzene rings is 1. The average Bonchev–Trinajstić information content (AvgIpc) is 2.94. The zero-order chi connectivity index (χ0) is 18.7. The number of primary amides is 1. The molecule has 26 heavy (non-hydrogen) atoms. The van der Waals surface area contributed by atoms with Crippen molar-refractivity contribution in [2.24, 2.45) is 5.73 Å². The molecule has 134 valence electrons. The summed E-state index contributed by atoms with van der Waals surface area (Å²) in [6.45, 7) is 5.61. The molecule has 0 radical (unpaired) electrons. The number of carbonyl (C=O) groups is 1. The summed E-state index contributed by atoms with van der Waals surface area (Å²) in [4.78, 5) is 19.6. The number of carbonyl (C=O) groups excluding carboxylic acids is 1. The second-order valence-electron chi connectivity index (χ2n) is 5.81. The van der Waals surface area contributed by atoms with Crippen LogP contribution in [0.1, 0.15) is 17.0 Å². The summed E-state index contributed by atoms with van der Waals surface area (Å²) in [5.74, 6) is 1.81. The Bertz CT molecular complexity index is 952. The van der Waals surface area contributed by atoms with Crippen LogP contribution in [0.25, 0.3) is 0 Å². The Kier molecular flexibility index (Phi) is 4.70. The lowest BCUT2D eigenvalue weighted by Crippen LogP contribution is -2.19. The fourth-order valence-electron chi connectivity index (χ4n) is 2.35. The van der Waals surface area contributed by atoms with Crippen LogP contribution >= 0.6 is 0 Å². The van der Waals surface area contributed by atoms with Crippen molar-refractivity contribution in [2.75, 3.05) is 10.6 Å². The molecule has 1 aromatic carbocycles. The van der Waals surface area contributed by atoms with Gasteiger partial charge in [-0.25, -0.2) is 9.78 Å². The van der Waals surface area contributed by atoms with Gasteiger partial charge in [-0.3, -0.25) is 5.10 Å². The summed E-state index contributed by atoms with van der Waals surface area (Å²) in [6.07, 6.45) is 0. The van der Waals surface area contributed by atoms with E-state index in [4.69, 9.17) is 10.5 Å². The van der Waals surface area contributed by atoms with Crippen LogP contribution in [0.15, 0.2) is 30.3 Å². The molecule has 0 aliphatic carbocycles. The number of aryl methyl sites for hydroxylation is 3. The van der Waals surface area contributed by atoms with Gasteiger partial charge in [-0.2, -0.15) is 10.1 Å². The summed E-state index contributed by atoms with van der Waals surface area (Å²) in [5.41, 5.74) is 8.19. The third kappa shape index (κ3) is 4.26. The Morgan fingerprint density at radius 3 is 2.58 bits per heavy atom. The number of rotatable bonds is 5. The van der Waals surface area contributed by atoms with Crippen LogP contribution < -0.4 is 21.1 Å². The van der Waals surface area contributed by atoms with Crippen molar-refractivity contribution in [3.63, 3.8) is 0 Å². The lowest BCUT2D eigenvalue weighted by molar-refractivity contribution is 0.259. The summed E-state index contributed by atoms with van der Waals surface area (Å²) in [5, 5.41) is 12.6. The molecule has 3 aromatic rings. The normalized spacial score (nSPS) is 10.4. The van der Waals surface area contributed by atoms with E-state index in [0.717, 1.165) is 17.0 Å². The molecule has 0 unspecified atom stereocenters. The highest BCUT2D eigenvalue weighted by atomic mass is 16.5. The summed E-state index contributed by atoms with van der Waals surface area (Å²) < 4.78 is 5.80. The number of nitrogens with two attached hydrogens (primary N) is 1. The lowest BCUT2D eigenvalue weighted by Gasteiger charge is -2.11. The van der Waals surface area contributed by atoms with Crippen molar-refractivity contribution >= 4 is 23.4 Å². The van der Waals surface area contributed by atoms with Crippen molar-refractivity contribution in [1.29, 1.82) is 0 Å². The zero-order valence-corrected chi connectivity index (χ0v) is 14.6. The Hall–Kier alpha value is -3.62. The summed E-state index contributed by atoms with van der Waals surface area (Å²) >= 11 is 0. The lowest BCUT2D eigenvalue weighted by atomic mass is 10.2. The zero-order valence-electron chi connectivity index (χ0n) is 14.6. The Morgan fingerprint density at radius 2 is 1.92 bits per heavy atom. The van der Waals surface area contributed by atoms with Crippen molar-refractivity contribution in [3.8, 4) is 11.8 Å². The molecular weight excluding hydrogens is 334 g/mol. The number of nitrogens with zero attached hydrogens (tertiary/aromatic N) is 3. The first kappa shape index (κ1) is 17.2. The van der Waals surface area contributed by atoms with Gasteiger partial charge in [-0.15, -0.1) is 0 Å². The van der Waals surface area contributed by atoms with Gasteiger partial charge in [0.25, 0.3) is 0 Å². The number of hydrogen-bond donors (Lipinski definition) is 4. The number of aromatic amines is 1. The molecule has 0 aliphatic rings. The minimum absolute atomic E-state index is 0.207. The van der Waals surface area contributed by atoms with Gasteiger partial charge in [0.15, 0.2) is 5.82 Å². The highest BCUT2D eigenvalue weighted by Gasteiger charge is 2.09. The molecule has 0 fully saturated rings. The van der Waals surface area contributed by atoms with Crippen LogP contribution in [0.3, 0.4) is 0 Å². The van der Waals surface area contributed by atoms with Crippen LogP contribution in [-0.4, -0.2) is 26.2 Å². The number of nitrogens with one attached hydrogen (secondary N) is 3. The van der Waals surface area contributed by atoms with E-state index < -0.39 is 6.03 Å². The maximum atomic E-state index is 10.9. The number of anilines is 3. The van der Waals surface area contributed by atoms with Gasteiger partial charge >= 0.3 is 12.0 Å². The molecular formula is C17H19N7O2. The standard InChI is InChI=1S/C17H19N7O2/c1-9-6-12(20-16(18)25)4-5-13(9)26-17-19-10(2)7-14(22-17)21-15-8-11(3)23-24-15/h4-8H,1-3H3,(H3,18,20,25)(H2,19,21,22,23,24). The van der Waals surface area contributed by atoms with Crippen molar-refractivity contribution in [2.45, 2.75) is 20.8 Å². The van der Waals surface area contributed by atoms with Crippen molar-refractivity contribution in [1.82, 2.24) is 20.2 Å². The Balaban J connectivity index is 1.80. The molecule has 9 nitrogen and oxygen atoms in total. The SMILES string of the molecule is Cc1cc(Nc2cc(C)[nH]n2)nc(Oc2ccc(NC(N)=O)cc2C)n1. The maximum absolute atomic E-state index is 10.9. The first-order valence-electron chi connectivity index (χ1n) is 7.89. The number of urea groups is 1. The van der Waals surface area contributed by atoms with Gasteiger partial charge in [-0.1, -0.05) is 0 Å². The first-order valence-corrected chi connectivity index (χ1v) is 7.89. The molecule has 0 aliphatic heterocycles. The van der Waals surface area contributed by atoms with E-state index >= 15 is 0 Å². The monoisotopic (exact) mass is 353 g/mol. The molecule has 5 N–H and O–H groups in total. The van der Waals surface area contributed by atoms with E-state index in [1.165, 1.54) is 0 Å². The maximum Gasteiger partial charge on any atom is 0.324 e. The molecule has 0 spiro atoms. The number of ether oxygens (including phenoxy) is 1. The van der Waals surface area contributed by atoms with Gasteiger partial charge in [-0.05, 0) is 44.5 Å². The number of H-pyrrole nitrogens is 1. The van der Waals surface area contributed by atoms with E-state index in [0.29, 0.717) is 23.1 Å². The quantitative estimate of drug-likeness (QED) is 0.557. The molecule has 2 heterocycles. The highest BCUT2D eigenvalue weighted by molar-refractivity contribution is 5.88. The molecule has 9 heteroatoms. The Morgan fingerprint density at radius 1 is 1.12 bits per heavy atom. The van der Waals surface area contributed by atoms with E-state index in [1.54, 1.807) is 24.3 Å². The van der Waals surface area contributed by atoms with Gasteiger partial charge in [0, 0.05) is 29.2 Å². The van der Waals surface area contributed by atoms with Crippen LogP contribution in [0, 0.1) is 20.8 Å². The van der Waals surface area contributed by atoms with Gasteiger partial charge in [0.1, 0.15) is 11.6 Å². The van der Waals surface area contributed by atoms with Crippen molar-refractivity contribution < 1.29 is 9.53 Å². The minimum Gasteiger partial charge on any atom is -0.424 e. The predicted molar refractivity (Wildman–Crippen MR) is 97.8 cm³/mol. The average molecular weight is 353 g/mol. The molecule has 0 atom stereocenters. The van der Waals surface area contributed by atoms with Crippen LogP contribution in [0.5, 0.6) is 11.8 Å². The Labute approximate surface area is 150 Å². The van der Waals surface area contributed by atoms with E-state index in [1.807, 2.05) is 26.8 Å². The number of hydrogen-bond acceptors (Lipinski definition) is 6. The minimum atomic E-state index is -0.621. The predicted octanol–water partition coefficient (Wildman–Crippen LogP) is 3.15. The molecule has 2 aromatic heterocycles. The fourth-order valence-corrected chi connectivity index (χ4v) is 2.35. The fraction of sp³-hybridized carbons (Fsp3) is 0.176. The molecule has 0 bridgehead atoms. The molecule has 2 amide bonds. The van der Waals surface area contributed by atoms with E-state index in [2.05, 4.69) is 30.8 Å². The van der Waals surface area contributed by atoms with E-state index in [-0.39, 0.29) is 6.01 Å². The van der Waals surface area contributed by atoms with Crippen LogP contribution in [0.2, 0.25) is 0 Å². The third-order valence-electron chi connectivity index (χ3n) is 3.44. The second kappa shape index (κ2) is 7.09. The number of amides is 2. The first-order chi connectivity index (χ1) is 12.4. The van der Waals surface area contributed by atoms with E-state index in [9.17, 15) is 4.79 Å². The van der Waals surface area contributed by atoms with Gasteiger partial charge in [0.05, 0.1) is 0 Å². The summed E-state index contributed by atoms with van der Waals surface area (Å²) in [6, 6.07) is 8.41. The number of aromatic nitrogens is 4. The van der Waals surface area contributed by atoms with Crippen molar-refractivity contribution in [3.05, 3.63) is 47.3 Å². The summed E-state index contributed by atoms with van der Waals surface area (Å²) in [7, 11) is 0. The second-order valence-corrected chi connectivity index (χ2v) is 5.81. The largest absolute Gasteiger partial charge is 0.424 e. The highest BCUT2D eigenvalue weighted by Crippen LogP contribution is 2.26. The smallest absolute Gasteiger partial charge is 0.324 e. The van der Waals surface area contributed by atoms with Crippen LogP contribution in [0.4, 0.5) is 22.1 Å². The van der Waals surface area contributed by atoms with Gasteiger partial charge < -0.3 is 21.1 Å². The topological polar surface area (TPSA) is 131 Å². The molecule has 0 saturated carbocycles. The third-order valence-corrected chi connectivity index (χ3v) is 3.44. The molecule has 0 saturated heterocycles. The van der Waals surface area contributed by atoms with Gasteiger partial charge in [0.2, 0.25) is 0 Å².